The van der Waals surface area contributed by atoms with Crippen LogP contribution in [0.5, 0.6) is 0 Å². The lowest BCUT2D eigenvalue weighted by molar-refractivity contribution is -0.118. The van der Waals surface area contributed by atoms with Crippen LogP contribution in [0.3, 0.4) is 0 Å². The van der Waals surface area contributed by atoms with Crippen LogP contribution in [0.2, 0.25) is 10.0 Å². The minimum Gasteiger partial charge on any atom is -0.302 e. The summed E-state index contributed by atoms with van der Waals surface area (Å²) in [4.78, 5) is 13.2. The molecule has 1 rings (SSSR count). The van der Waals surface area contributed by atoms with Crippen molar-refractivity contribution in [1.82, 2.24) is 4.90 Å². The molecule has 0 aliphatic heterocycles. The normalized spacial score (nSPS) is 12.9. The van der Waals surface area contributed by atoms with Crippen molar-refractivity contribution in [2.45, 2.75) is 19.4 Å². The van der Waals surface area contributed by atoms with Crippen molar-refractivity contribution in [2.75, 3.05) is 14.1 Å². The van der Waals surface area contributed by atoms with Crippen LogP contribution in [0.15, 0.2) is 18.2 Å². The van der Waals surface area contributed by atoms with E-state index in [-0.39, 0.29) is 11.8 Å². The summed E-state index contributed by atoms with van der Waals surface area (Å²) in [6, 6.07) is 5.53. The molecule has 2 nitrogen and oxygen atoms in total. The maximum Gasteiger partial charge on any atom is 0.131 e. The van der Waals surface area contributed by atoms with Gasteiger partial charge >= 0.3 is 0 Å². The van der Waals surface area contributed by atoms with E-state index in [0.717, 1.165) is 5.56 Å². The Morgan fingerprint density at radius 1 is 1.31 bits per heavy atom. The summed E-state index contributed by atoms with van der Waals surface area (Å²) in [5.74, 6) is 0.157. The van der Waals surface area contributed by atoms with Crippen LogP contribution in [0.1, 0.15) is 24.9 Å². The number of hydrogen-bond acceptors (Lipinski definition) is 2. The molecular weight excluding hydrogens is 245 g/mol. The van der Waals surface area contributed by atoms with Crippen LogP contribution in [0.4, 0.5) is 0 Å². The third kappa shape index (κ3) is 3.48. The van der Waals surface area contributed by atoms with Crippen LogP contribution in [-0.4, -0.2) is 24.8 Å². The van der Waals surface area contributed by atoms with Gasteiger partial charge in [0, 0.05) is 12.5 Å². The summed E-state index contributed by atoms with van der Waals surface area (Å²) in [6.45, 7) is 1.59. The summed E-state index contributed by atoms with van der Waals surface area (Å²) in [6.07, 6.45) is 0.477. The fourth-order valence-corrected chi connectivity index (χ4v) is 1.90. The second-order valence-electron chi connectivity index (χ2n) is 4.06. The maximum atomic E-state index is 11.2. The second kappa shape index (κ2) is 5.67. The second-order valence-corrected chi connectivity index (χ2v) is 4.87. The zero-order chi connectivity index (χ0) is 12.3. The lowest BCUT2D eigenvalue weighted by atomic mass is 10.0. The Bertz CT molecular complexity index is 391. The number of rotatable bonds is 4. The average Bonchev–Trinajstić information content (AvgIpc) is 2.18. The van der Waals surface area contributed by atoms with Crippen molar-refractivity contribution in [3.63, 3.8) is 0 Å². The highest BCUT2D eigenvalue weighted by molar-refractivity contribution is 6.42. The minimum atomic E-state index is 0.0484. The predicted octanol–water partition coefficient (Wildman–Crippen LogP) is 3.58. The van der Waals surface area contributed by atoms with Gasteiger partial charge in [-0.1, -0.05) is 29.3 Å². The first-order chi connectivity index (χ1) is 7.41. The third-order valence-electron chi connectivity index (χ3n) is 2.43. The molecule has 0 radical (unpaired) electrons. The number of Topliss-reactive ketones (excluding diaryl/α,β-unsaturated/α-hetero) is 1. The molecule has 0 spiro atoms. The lowest BCUT2D eigenvalue weighted by Gasteiger charge is -2.24. The van der Waals surface area contributed by atoms with E-state index < -0.39 is 0 Å². The van der Waals surface area contributed by atoms with E-state index >= 15 is 0 Å². The molecule has 0 amide bonds. The molecule has 88 valence electrons. The first-order valence-electron chi connectivity index (χ1n) is 5.02. The number of carbonyl (C=O) groups excluding carboxylic acids is 1. The number of halogens is 2. The van der Waals surface area contributed by atoms with E-state index in [1.165, 1.54) is 0 Å². The molecule has 1 aromatic carbocycles. The molecule has 0 N–H and O–H groups in total. The molecular formula is C12H15Cl2NO. The van der Waals surface area contributed by atoms with E-state index in [0.29, 0.717) is 16.5 Å². The molecule has 0 saturated heterocycles. The summed E-state index contributed by atoms with van der Waals surface area (Å²) in [5.41, 5.74) is 1.01. The van der Waals surface area contributed by atoms with E-state index in [4.69, 9.17) is 23.2 Å². The van der Waals surface area contributed by atoms with Gasteiger partial charge in [0.15, 0.2) is 0 Å². The van der Waals surface area contributed by atoms with Crippen molar-refractivity contribution in [3.05, 3.63) is 33.8 Å². The molecule has 0 fully saturated rings. The monoisotopic (exact) mass is 259 g/mol. The molecule has 1 unspecified atom stereocenters. The molecule has 1 aromatic rings. The van der Waals surface area contributed by atoms with E-state index in [9.17, 15) is 4.79 Å². The molecule has 0 bridgehead atoms. The molecule has 4 heteroatoms. The van der Waals surface area contributed by atoms with Gasteiger partial charge in [-0.25, -0.2) is 0 Å². The molecule has 0 aliphatic carbocycles. The Morgan fingerprint density at radius 3 is 2.38 bits per heavy atom. The zero-order valence-electron chi connectivity index (χ0n) is 9.63. The standard InChI is InChI=1S/C12H15Cl2NO/c1-8(16)6-12(15(2)3)9-4-5-10(13)11(14)7-9/h4-5,7,12H,6H2,1-3H3. The van der Waals surface area contributed by atoms with Crippen LogP contribution in [-0.2, 0) is 4.79 Å². The highest BCUT2D eigenvalue weighted by atomic mass is 35.5. The van der Waals surface area contributed by atoms with Gasteiger partial charge in [0.25, 0.3) is 0 Å². The molecule has 0 saturated carbocycles. The Kier molecular flexibility index (Phi) is 4.78. The fraction of sp³-hybridized carbons (Fsp3) is 0.417. The predicted molar refractivity (Wildman–Crippen MR) is 68.2 cm³/mol. The minimum absolute atomic E-state index is 0.0484. The maximum absolute atomic E-state index is 11.2. The summed E-state index contributed by atoms with van der Waals surface area (Å²) in [7, 11) is 3.88. The van der Waals surface area contributed by atoms with Crippen LogP contribution < -0.4 is 0 Å². The largest absolute Gasteiger partial charge is 0.302 e. The number of nitrogens with zero attached hydrogens (tertiary/aromatic N) is 1. The van der Waals surface area contributed by atoms with Crippen molar-refractivity contribution in [3.8, 4) is 0 Å². The van der Waals surface area contributed by atoms with Gasteiger partial charge in [-0.05, 0) is 38.7 Å². The lowest BCUT2D eigenvalue weighted by Crippen LogP contribution is -2.22. The third-order valence-corrected chi connectivity index (χ3v) is 3.17. The van der Waals surface area contributed by atoms with E-state index in [1.54, 1.807) is 13.0 Å². The Morgan fingerprint density at radius 2 is 1.94 bits per heavy atom. The molecule has 1 atom stereocenters. The number of hydrogen-bond donors (Lipinski definition) is 0. The van der Waals surface area contributed by atoms with Gasteiger partial charge in [0.05, 0.1) is 10.0 Å². The van der Waals surface area contributed by atoms with Gasteiger partial charge in [-0.2, -0.15) is 0 Å². The number of benzene rings is 1. The average molecular weight is 260 g/mol. The molecule has 0 aliphatic rings. The Hall–Kier alpha value is -0.570. The van der Waals surface area contributed by atoms with E-state index in [1.807, 2.05) is 31.1 Å². The van der Waals surface area contributed by atoms with Crippen LogP contribution >= 0.6 is 23.2 Å². The quantitative estimate of drug-likeness (QED) is 0.824. The topological polar surface area (TPSA) is 20.3 Å². The van der Waals surface area contributed by atoms with Gasteiger partial charge in [0.2, 0.25) is 0 Å². The summed E-state index contributed by atoms with van der Waals surface area (Å²) in [5, 5.41) is 1.06. The van der Waals surface area contributed by atoms with Crippen molar-refractivity contribution < 1.29 is 4.79 Å². The van der Waals surface area contributed by atoms with Crippen LogP contribution in [0.25, 0.3) is 0 Å². The van der Waals surface area contributed by atoms with E-state index in [2.05, 4.69) is 0 Å². The van der Waals surface area contributed by atoms with Crippen molar-refractivity contribution in [2.24, 2.45) is 0 Å². The highest BCUT2D eigenvalue weighted by Crippen LogP contribution is 2.29. The Labute approximate surface area is 106 Å². The Balaban J connectivity index is 3.01. The van der Waals surface area contributed by atoms with Gasteiger partial charge in [-0.3, -0.25) is 4.79 Å². The van der Waals surface area contributed by atoms with Crippen molar-refractivity contribution >= 4 is 29.0 Å². The number of carbonyl (C=O) groups is 1. The van der Waals surface area contributed by atoms with Gasteiger partial charge in [-0.15, -0.1) is 0 Å². The number of ketones is 1. The summed E-state index contributed by atoms with van der Waals surface area (Å²) >= 11 is 11.8. The van der Waals surface area contributed by atoms with Crippen molar-refractivity contribution in [1.29, 1.82) is 0 Å². The SMILES string of the molecule is CC(=O)CC(c1ccc(Cl)c(Cl)c1)N(C)C. The highest BCUT2D eigenvalue weighted by Gasteiger charge is 2.16. The molecule has 0 aromatic heterocycles. The smallest absolute Gasteiger partial charge is 0.131 e. The van der Waals surface area contributed by atoms with Gasteiger partial charge in [0.1, 0.15) is 5.78 Å². The molecule has 16 heavy (non-hydrogen) atoms. The molecule has 0 heterocycles. The first kappa shape index (κ1) is 13.5. The fourth-order valence-electron chi connectivity index (χ4n) is 1.59. The van der Waals surface area contributed by atoms with Gasteiger partial charge < -0.3 is 4.90 Å². The summed E-state index contributed by atoms with van der Waals surface area (Å²) < 4.78 is 0. The van der Waals surface area contributed by atoms with Crippen LogP contribution in [0, 0.1) is 0 Å². The zero-order valence-corrected chi connectivity index (χ0v) is 11.1. The first-order valence-corrected chi connectivity index (χ1v) is 5.78.